The standard InChI is InChI=1S/C14H12Br2FNO/c1-18-8-9-2-3-10(6-12(9)15)19-11-4-5-14(17)13(16)7-11/h2-7,18H,8H2,1H3. The molecule has 0 bridgehead atoms. The molecule has 0 atom stereocenters. The van der Waals surface area contributed by atoms with Crippen LogP contribution in [-0.2, 0) is 6.54 Å². The second kappa shape index (κ2) is 6.50. The normalized spacial score (nSPS) is 10.5. The van der Waals surface area contributed by atoms with Crippen LogP contribution in [0.4, 0.5) is 4.39 Å². The highest BCUT2D eigenvalue weighted by atomic mass is 79.9. The quantitative estimate of drug-likeness (QED) is 0.807. The first-order chi connectivity index (χ1) is 9.10. The van der Waals surface area contributed by atoms with Crippen LogP contribution in [0.2, 0.25) is 0 Å². The number of halogens is 3. The molecule has 2 rings (SSSR count). The van der Waals surface area contributed by atoms with E-state index in [9.17, 15) is 4.39 Å². The van der Waals surface area contributed by atoms with Crippen molar-refractivity contribution >= 4 is 31.9 Å². The van der Waals surface area contributed by atoms with Crippen molar-refractivity contribution in [3.05, 3.63) is 56.7 Å². The van der Waals surface area contributed by atoms with E-state index in [0.29, 0.717) is 16.0 Å². The Hall–Kier alpha value is -0.910. The first-order valence-corrected chi connectivity index (χ1v) is 7.24. The minimum absolute atomic E-state index is 0.308. The molecule has 0 aliphatic rings. The van der Waals surface area contributed by atoms with E-state index in [1.165, 1.54) is 6.07 Å². The highest BCUT2D eigenvalue weighted by Gasteiger charge is 2.05. The van der Waals surface area contributed by atoms with Crippen LogP contribution in [0.5, 0.6) is 11.5 Å². The van der Waals surface area contributed by atoms with Gasteiger partial charge in [0.2, 0.25) is 0 Å². The topological polar surface area (TPSA) is 21.3 Å². The van der Waals surface area contributed by atoms with Crippen molar-refractivity contribution < 1.29 is 9.13 Å². The van der Waals surface area contributed by atoms with E-state index in [2.05, 4.69) is 37.2 Å². The maximum absolute atomic E-state index is 13.1. The van der Waals surface area contributed by atoms with E-state index in [0.717, 1.165) is 16.6 Å². The van der Waals surface area contributed by atoms with Crippen LogP contribution in [0.3, 0.4) is 0 Å². The lowest BCUT2D eigenvalue weighted by Gasteiger charge is -2.09. The van der Waals surface area contributed by atoms with Gasteiger partial charge in [0.1, 0.15) is 17.3 Å². The van der Waals surface area contributed by atoms with Crippen LogP contribution in [0.25, 0.3) is 0 Å². The SMILES string of the molecule is CNCc1ccc(Oc2ccc(F)c(Br)c2)cc1Br. The van der Waals surface area contributed by atoms with Gasteiger partial charge in [0, 0.05) is 11.0 Å². The molecule has 0 saturated carbocycles. The Balaban J connectivity index is 2.19. The van der Waals surface area contributed by atoms with E-state index in [-0.39, 0.29) is 5.82 Å². The smallest absolute Gasteiger partial charge is 0.137 e. The summed E-state index contributed by atoms with van der Waals surface area (Å²) < 4.78 is 20.2. The molecule has 0 aromatic heterocycles. The Morgan fingerprint density at radius 3 is 2.26 bits per heavy atom. The number of benzene rings is 2. The lowest BCUT2D eigenvalue weighted by atomic mass is 10.2. The Labute approximate surface area is 128 Å². The average molecular weight is 389 g/mol. The monoisotopic (exact) mass is 387 g/mol. The number of ether oxygens (including phenoxy) is 1. The summed E-state index contributed by atoms with van der Waals surface area (Å²) in [5, 5.41) is 3.09. The number of hydrogen-bond acceptors (Lipinski definition) is 2. The van der Waals surface area contributed by atoms with Gasteiger partial charge < -0.3 is 10.1 Å². The van der Waals surface area contributed by atoms with E-state index in [4.69, 9.17) is 4.74 Å². The van der Waals surface area contributed by atoms with Crippen molar-refractivity contribution in [1.29, 1.82) is 0 Å². The van der Waals surface area contributed by atoms with Crippen molar-refractivity contribution in [2.45, 2.75) is 6.54 Å². The van der Waals surface area contributed by atoms with Gasteiger partial charge >= 0.3 is 0 Å². The van der Waals surface area contributed by atoms with Gasteiger partial charge in [0.25, 0.3) is 0 Å². The molecular weight excluding hydrogens is 377 g/mol. The van der Waals surface area contributed by atoms with Gasteiger partial charge in [-0.3, -0.25) is 0 Å². The summed E-state index contributed by atoms with van der Waals surface area (Å²) in [4.78, 5) is 0. The van der Waals surface area contributed by atoms with Crippen molar-refractivity contribution in [1.82, 2.24) is 5.32 Å². The fourth-order valence-electron chi connectivity index (χ4n) is 1.60. The molecule has 0 aliphatic heterocycles. The maximum Gasteiger partial charge on any atom is 0.137 e. The van der Waals surface area contributed by atoms with Gasteiger partial charge in [-0.1, -0.05) is 22.0 Å². The third-order valence-electron chi connectivity index (χ3n) is 2.52. The lowest BCUT2D eigenvalue weighted by Crippen LogP contribution is -2.05. The van der Waals surface area contributed by atoms with Crippen LogP contribution >= 0.6 is 31.9 Å². The van der Waals surface area contributed by atoms with Crippen LogP contribution < -0.4 is 10.1 Å². The minimum Gasteiger partial charge on any atom is -0.457 e. The Kier molecular flexibility index (Phi) is 4.96. The first kappa shape index (κ1) is 14.5. The molecule has 2 nitrogen and oxygen atoms in total. The molecule has 0 heterocycles. The second-order valence-electron chi connectivity index (χ2n) is 3.96. The zero-order chi connectivity index (χ0) is 13.8. The predicted molar refractivity (Wildman–Crippen MR) is 81.1 cm³/mol. The third kappa shape index (κ3) is 3.78. The number of nitrogens with one attached hydrogen (secondary N) is 1. The van der Waals surface area contributed by atoms with Gasteiger partial charge in [-0.05, 0) is 58.9 Å². The van der Waals surface area contributed by atoms with E-state index in [1.54, 1.807) is 12.1 Å². The molecule has 1 N–H and O–H groups in total. The summed E-state index contributed by atoms with van der Waals surface area (Å²) >= 11 is 6.63. The van der Waals surface area contributed by atoms with Crippen molar-refractivity contribution in [2.24, 2.45) is 0 Å². The largest absolute Gasteiger partial charge is 0.457 e. The molecule has 2 aromatic rings. The van der Waals surface area contributed by atoms with Crippen LogP contribution in [0.1, 0.15) is 5.56 Å². The average Bonchev–Trinajstić information content (AvgIpc) is 2.37. The van der Waals surface area contributed by atoms with Crippen LogP contribution in [0, 0.1) is 5.82 Å². The van der Waals surface area contributed by atoms with Gasteiger partial charge in [-0.2, -0.15) is 0 Å². The number of rotatable bonds is 4. The third-order valence-corrected chi connectivity index (χ3v) is 3.86. The van der Waals surface area contributed by atoms with Crippen molar-refractivity contribution in [2.75, 3.05) is 7.05 Å². The molecule has 0 saturated heterocycles. The molecular formula is C14H12Br2FNO. The second-order valence-corrected chi connectivity index (χ2v) is 5.67. The van der Waals surface area contributed by atoms with E-state index < -0.39 is 0 Å². The predicted octanol–water partition coefficient (Wildman–Crippen LogP) is 4.86. The molecule has 0 unspecified atom stereocenters. The summed E-state index contributed by atoms with van der Waals surface area (Å²) in [6.45, 7) is 0.781. The molecule has 19 heavy (non-hydrogen) atoms. The van der Waals surface area contributed by atoms with Gasteiger partial charge in [0.05, 0.1) is 4.47 Å². The van der Waals surface area contributed by atoms with Crippen LogP contribution in [0.15, 0.2) is 45.3 Å². The fraction of sp³-hybridized carbons (Fsp3) is 0.143. The lowest BCUT2D eigenvalue weighted by molar-refractivity contribution is 0.479. The van der Waals surface area contributed by atoms with Crippen LogP contribution in [-0.4, -0.2) is 7.05 Å². The van der Waals surface area contributed by atoms with E-state index in [1.807, 2.05) is 25.2 Å². The summed E-state index contributed by atoms with van der Waals surface area (Å²) in [6.07, 6.45) is 0. The van der Waals surface area contributed by atoms with Gasteiger partial charge in [-0.25, -0.2) is 4.39 Å². The van der Waals surface area contributed by atoms with Crippen molar-refractivity contribution in [3.8, 4) is 11.5 Å². The Bertz CT molecular complexity index is 590. The zero-order valence-electron chi connectivity index (χ0n) is 10.2. The van der Waals surface area contributed by atoms with Crippen molar-refractivity contribution in [3.63, 3.8) is 0 Å². The molecule has 2 aromatic carbocycles. The molecule has 0 amide bonds. The summed E-state index contributed by atoms with van der Waals surface area (Å²) in [6, 6.07) is 10.3. The van der Waals surface area contributed by atoms with E-state index >= 15 is 0 Å². The molecule has 100 valence electrons. The molecule has 0 spiro atoms. The highest BCUT2D eigenvalue weighted by Crippen LogP contribution is 2.29. The Morgan fingerprint density at radius 1 is 1.05 bits per heavy atom. The minimum atomic E-state index is -0.308. The highest BCUT2D eigenvalue weighted by molar-refractivity contribution is 9.10. The molecule has 0 fully saturated rings. The summed E-state index contributed by atoms with van der Waals surface area (Å²) in [5.41, 5.74) is 1.15. The fourth-order valence-corrected chi connectivity index (χ4v) is 2.46. The number of hydrogen-bond donors (Lipinski definition) is 1. The zero-order valence-corrected chi connectivity index (χ0v) is 13.4. The molecule has 0 radical (unpaired) electrons. The summed E-state index contributed by atoms with van der Waals surface area (Å²) in [5.74, 6) is 0.977. The maximum atomic E-state index is 13.1. The molecule has 5 heteroatoms. The summed E-state index contributed by atoms with van der Waals surface area (Å²) in [7, 11) is 1.90. The Morgan fingerprint density at radius 2 is 1.68 bits per heavy atom. The first-order valence-electron chi connectivity index (χ1n) is 5.66. The van der Waals surface area contributed by atoms with Gasteiger partial charge in [0.15, 0.2) is 0 Å². The molecule has 0 aliphatic carbocycles. The van der Waals surface area contributed by atoms with Gasteiger partial charge in [-0.15, -0.1) is 0 Å².